The van der Waals surface area contributed by atoms with Gasteiger partial charge in [-0.15, -0.1) is 0 Å². The average molecular weight is 274 g/mol. The quantitative estimate of drug-likeness (QED) is 0.652. The molecule has 0 bridgehead atoms. The average Bonchev–Trinajstić information content (AvgIpc) is 2.61. The van der Waals surface area contributed by atoms with Crippen LogP contribution in [0, 0.1) is 15.9 Å². The van der Waals surface area contributed by atoms with Crippen molar-refractivity contribution in [2.75, 3.05) is 11.4 Å². The molecule has 1 aliphatic rings. The number of hydrogen-bond acceptors (Lipinski definition) is 4. The first-order valence-electron chi connectivity index (χ1n) is 5.09. The number of benzene rings is 1. The number of nitro groups is 1. The highest BCUT2D eigenvalue weighted by atomic mass is 35.5. The molecule has 0 radical (unpaired) electrons. The van der Waals surface area contributed by atoms with Crippen LogP contribution >= 0.6 is 11.6 Å². The molecule has 0 aromatic heterocycles. The minimum absolute atomic E-state index is 0.0237. The lowest BCUT2D eigenvalue weighted by molar-refractivity contribution is -0.384. The number of rotatable bonds is 2. The fourth-order valence-corrected chi connectivity index (χ4v) is 2.01. The van der Waals surface area contributed by atoms with E-state index in [2.05, 4.69) is 0 Å². The van der Waals surface area contributed by atoms with Gasteiger partial charge in [-0.1, -0.05) is 11.6 Å². The number of hydrogen-bond donors (Lipinski definition) is 1. The largest absolute Gasteiger partial charge is 0.326 e. The fourth-order valence-electron chi connectivity index (χ4n) is 1.86. The van der Waals surface area contributed by atoms with Gasteiger partial charge in [-0.25, -0.2) is 4.39 Å². The molecule has 2 N–H and O–H groups in total. The fraction of sp³-hybridized carbons (Fsp3) is 0.300. The van der Waals surface area contributed by atoms with Gasteiger partial charge < -0.3 is 10.6 Å². The first-order valence-corrected chi connectivity index (χ1v) is 5.47. The number of halogens is 2. The van der Waals surface area contributed by atoms with Crippen molar-refractivity contribution in [1.29, 1.82) is 0 Å². The molecule has 0 aliphatic carbocycles. The van der Waals surface area contributed by atoms with Crippen LogP contribution < -0.4 is 10.6 Å². The third-order valence-electron chi connectivity index (χ3n) is 2.66. The van der Waals surface area contributed by atoms with E-state index in [1.807, 2.05) is 0 Å². The molecule has 1 atom stereocenters. The van der Waals surface area contributed by atoms with E-state index in [4.69, 9.17) is 17.3 Å². The van der Waals surface area contributed by atoms with E-state index in [9.17, 15) is 19.3 Å². The van der Waals surface area contributed by atoms with Crippen molar-refractivity contribution >= 4 is 28.9 Å². The van der Waals surface area contributed by atoms with Gasteiger partial charge in [0.1, 0.15) is 11.5 Å². The van der Waals surface area contributed by atoms with Gasteiger partial charge in [0.25, 0.3) is 5.69 Å². The zero-order valence-corrected chi connectivity index (χ0v) is 9.85. The van der Waals surface area contributed by atoms with E-state index >= 15 is 0 Å². The van der Waals surface area contributed by atoms with Crippen LogP contribution in [0.15, 0.2) is 12.1 Å². The molecule has 1 fully saturated rings. The molecule has 8 heteroatoms. The number of nitrogens with zero attached hydrogens (tertiary/aromatic N) is 2. The minimum atomic E-state index is -0.900. The predicted octanol–water partition coefficient (Wildman–Crippen LogP) is 1.45. The highest BCUT2D eigenvalue weighted by molar-refractivity contribution is 6.31. The first kappa shape index (κ1) is 12.7. The second-order valence-corrected chi connectivity index (χ2v) is 4.39. The van der Waals surface area contributed by atoms with Crippen molar-refractivity contribution in [3.63, 3.8) is 0 Å². The Morgan fingerprint density at radius 2 is 2.22 bits per heavy atom. The Kier molecular flexibility index (Phi) is 3.18. The van der Waals surface area contributed by atoms with E-state index < -0.39 is 16.4 Å². The van der Waals surface area contributed by atoms with Gasteiger partial charge in [0, 0.05) is 19.0 Å². The van der Waals surface area contributed by atoms with Crippen LogP contribution in [0.2, 0.25) is 5.02 Å². The molecule has 6 nitrogen and oxygen atoms in total. The van der Waals surface area contributed by atoms with Crippen LogP contribution in [-0.4, -0.2) is 23.4 Å². The molecule has 96 valence electrons. The molecule has 1 amide bonds. The maximum Gasteiger partial charge on any atom is 0.295 e. The Labute approximate surface area is 106 Å². The Bertz CT molecular complexity index is 537. The SMILES string of the molecule is NC1CC(=O)N(c2cc(Cl)c(F)cc2[N+](=O)[O-])C1. The third-order valence-corrected chi connectivity index (χ3v) is 2.95. The summed E-state index contributed by atoms with van der Waals surface area (Å²) in [5.41, 5.74) is 5.08. The van der Waals surface area contributed by atoms with E-state index in [1.54, 1.807) is 0 Å². The van der Waals surface area contributed by atoms with Gasteiger partial charge >= 0.3 is 0 Å². The zero-order chi connectivity index (χ0) is 13.4. The lowest BCUT2D eigenvalue weighted by Crippen LogP contribution is -2.28. The van der Waals surface area contributed by atoms with E-state index in [0.29, 0.717) is 6.07 Å². The summed E-state index contributed by atoms with van der Waals surface area (Å²) in [7, 11) is 0. The number of nitro benzene ring substituents is 1. The molecule has 2 rings (SSSR count). The Morgan fingerprint density at radius 3 is 2.72 bits per heavy atom. The van der Waals surface area contributed by atoms with Gasteiger partial charge in [-0.3, -0.25) is 14.9 Å². The molecular weight excluding hydrogens is 265 g/mol. The van der Waals surface area contributed by atoms with Gasteiger partial charge in [0.05, 0.1) is 16.0 Å². The number of carbonyl (C=O) groups is 1. The Hall–Kier alpha value is -1.73. The van der Waals surface area contributed by atoms with Crippen LogP contribution in [0.3, 0.4) is 0 Å². The van der Waals surface area contributed by atoms with Crippen molar-refractivity contribution in [2.45, 2.75) is 12.5 Å². The maximum absolute atomic E-state index is 13.2. The molecule has 18 heavy (non-hydrogen) atoms. The Morgan fingerprint density at radius 1 is 1.56 bits per heavy atom. The molecule has 1 unspecified atom stereocenters. The zero-order valence-electron chi connectivity index (χ0n) is 9.10. The molecule has 0 saturated carbocycles. The second-order valence-electron chi connectivity index (χ2n) is 3.98. The van der Waals surface area contributed by atoms with Gasteiger partial charge in [-0.05, 0) is 6.07 Å². The standard InChI is InChI=1S/C10H9ClFN3O3/c11-6-2-8(9(15(17)18)3-7(6)12)14-4-5(13)1-10(14)16/h2-3,5H,1,4,13H2. The number of carbonyl (C=O) groups excluding carboxylic acids is 1. The molecule has 1 saturated heterocycles. The lowest BCUT2D eigenvalue weighted by atomic mass is 10.2. The third kappa shape index (κ3) is 2.14. The van der Waals surface area contributed by atoms with Crippen molar-refractivity contribution in [1.82, 2.24) is 0 Å². The van der Waals surface area contributed by atoms with Crippen LogP contribution in [0.1, 0.15) is 6.42 Å². The van der Waals surface area contributed by atoms with E-state index in [0.717, 1.165) is 11.0 Å². The summed E-state index contributed by atoms with van der Waals surface area (Å²) in [6, 6.07) is 1.39. The molecule has 0 spiro atoms. The van der Waals surface area contributed by atoms with Gasteiger partial charge in [0.15, 0.2) is 0 Å². The molecule has 1 heterocycles. The topological polar surface area (TPSA) is 89.5 Å². The smallest absolute Gasteiger partial charge is 0.295 e. The van der Waals surface area contributed by atoms with Crippen LogP contribution in [0.25, 0.3) is 0 Å². The number of nitrogens with two attached hydrogens (primary N) is 1. The summed E-state index contributed by atoms with van der Waals surface area (Å²) in [5.74, 6) is -1.24. The highest BCUT2D eigenvalue weighted by Gasteiger charge is 2.33. The van der Waals surface area contributed by atoms with Crippen molar-refractivity contribution in [2.24, 2.45) is 5.73 Å². The number of amides is 1. The maximum atomic E-state index is 13.2. The van der Waals surface area contributed by atoms with Crippen LogP contribution in [0.4, 0.5) is 15.8 Å². The highest BCUT2D eigenvalue weighted by Crippen LogP contribution is 2.35. The predicted molar refractivity (Wildman–Crippen MR) is 63.0 cm³/mol. The summed E-state index contributed by atoms with van der Waals surface area (Å²) in [4.78, 5) is 22.9. The minimum Gasteiger partial charge on any atom is -0.326 e. The second kappa shape index (κ2) is 4.51. The first-order chi connectivity index (χ1) is 8.40. The summed E-state index contributed by atoms with van der Waals surface area (Å²) in [5, 5.41) is 10.6. The summed E-state index contributed by atoms with van der Waals surface area (Å²) < 4.78 is 13.2. The normalized spacial score (nSPS) is 19.4. The molecule has 1 aliphatic heterocycles. The van der Waals surface area contributed by atoms with Gasteiger partial charge in [0.2, 0.25) is 5.91 Å². The molecular formula is C10H9ClFN3O3. The Balaban J connectivity index is 2.52. The van der Waals surface area contributed by atoms with Crippen LogP contribution in [-0.2, 0) is 4.79 Å². The van der Waals surface area contributed by atoms with Crippen molar-refractivity contribution < 1.29 is 14.1 Å². The summed E-state index contributed by atoms with van der Waals surface area (Å²) in [6.07, 6.45) is 0.103. The summed E-state index contributed by atoms with van der Waals surface area (Å²) in [6.45, 7) is 0.154. The number of anilines is 1. The lowest BCUT2D eigenvalue weighted by Gasteiger charge is -2.16. The molecule has 1 aromatic rings. The van der Waals surface area contributed by atoms with E-state index in [1.165, 1.54) is 0 Å². The van der Waals surface area contributed by atoms with Gasteiger partial charge in [-0.2, -0.15) is 0 Å². The van der Waals surface area contributed by atoms with E-state index in [-0.39, 0.29) is 35.6 Å². The summed E-state index contributed by atoms with van der Waals surface area (Å²) >= 11 is 5.59. The van der Waals surface area contributed by atoms with Crippen LogP contribution in [0.5, 0.6) is 0 Å². The van der Waals surface area contributed by atoms with Crippen molar-refractivity contribution in [3.8, 4) is 0 Å². The molecule has 1 aromatic carbocycles. The van der Waals surface area contributed by atoms with Crippen molar-refractivity contribution in [3.05, 3.63) is 33.1 Å². The monoisotopic (exact) mass is 273 g/mol.